The van der Waals surface area contributed by atoms with Crippen LogP contribution >= 0.6 is 24.0 Å². The Kier molecular flexibility index (Phi) is 8.74. The lowest BCUT2D eigenvalue weighted by molar-refractivity contribution is 0.0982. The Labute approximate surface area is 184 Å². The summed E-state index contributed by atoms with van der Waals surface area (Å²) in [6.07, 6.45) is 6.30. The van der Waals surface area contributed by atoms with Gasteiger partial charge < -0.3 is 15.1 Å². The Hall–Kier alpha value is -1.62. The van der Waals surface area contributed by atoms with E-state index in [2.05, 4.69) is 49.6 Å². The normalized spacial score (nSPS) is 15.9. The van der Waals surface area contributed by atoms with E-state index in [0.29, 0.717) is 11.6 Å². The van der Waals surface area contributed by atoms with E-state index in [0.717, 1.165) is 31.3 Å². The molecule has 1 aliphatic rings. The Bertz CT molecular complexity index is 720. The molecule has 9 heteroatoms. The van der Waals surface area contributed by atoms with Gasteiger partial charge in [0.2, 0.25) is 5.82 Å². The van der Waals surface area contributed by atoms with Gasteiger partial charge in [-0.15, -0.1) is 24.0 Å². The smallest absolute Gasteiger partial charge is 0.216 e. The number of aromatic nitrogens is 3. The number of aliphatic imine (C=N–C) groups is 1. The molecule has 1 fully saturated rings. The summed E-state index contributed by atoms with van der Waals surface area (Å²) in [5.41, 5.74) is 0.112. The third kappa shape index (κ3) is 6.20. The highest BCUT2D eigenvalue weighted by atomic mass is 127. The second-order valence-electron chi connectivity index (χ2n) is 7.55. The maximum absolute atomic E-state index is 5.31. The Morgan fingerprint density at radius 3 is 2.75 bits per heavy atom. The first-order chi connectivity index (χ1) is 13.1. The van der Waals surface area contributed by atoms with Gasteiger partial charge in [0, 0.05) is 32.1 Å². The van der Waals surface area contributed by atoms with Crippen molar-refractivity contribution >= 4 is 29.9 Å². The molecule has 0 bridgehead atoms. The number of hydrogen-bond acceptors (Lipinski definition) is 5. The second kappa shape index (κ2) is 10.8. The first-order valence-electron chi connectivity index (χ1n) is 9.73. The lowest BCUT2D eigenvalue weighted by Crippen LogP contribution is -2.55. The van der Waals surface area contributed by atoms with Gasteiger partial charge >= 0.3 is 0 Å². The molecule has 0 saturated carbocycles. The van der Waals surface area contributed by atoms with E-state index >= 15 is 0 Å². The van der Waals surface area contributed by atoms with E-state index < -0.39 is 0 Å². The van der Waals surface area contributed by atoms with Crippen LogP contribution < -0.4 is 10.6 Å². The van der Waals surface area contributed by atoms with E-state index in [1.807, 2.05) is 12.1 Å². The summed E-state index contributed by atoms with van der Waals surface area (Å²) < 4.78 is 5.31. The maximum atomic E-state index is 5.31. The highest BCUT2D eigenvalue weighted by Crippen LogP contribution is 2.19. The molecule has 1 aliphatic heterocycles. The average Bonchev–Trinajstić information content (AvgIpc) is 3.37. The van der Waals surface area contributed by atoms with Gasteiger partial charge in [-0.2, -0.15) is 5.10 Å². The number of piperidine rings is 1. The van der Waals surface area contributed by atoms with Crippen molar-refractivity contribution in [2.45, 2.75) is 45.1 Å². The zero-order valence-corrected chi connectivity index (χ0v) is 19.3. The van der Waals surface area contributed by atoms with Crippen LogP contribution in [0.5, 0.6) is 0 Å². The van der Waals surface area contributed by atoms with Crippen LogP contribution in [0, 0.1) is 0 Å². The topological polar surface area (TPSA) is 94.4 Å². The third-order valence-electron chi connectivity index (χ3n) is 5.05. The molecule has 3 N–H and O–H groups in total. The average molecular weight is 501 g/mol. The minimum absolute atomic E-state index is 0. The number of aromatic amines is 1. The number of likely N-dealkylation sites (tertiary alicyclic amines) is 1. The minimum atomic E-state index is 0. The number of halogens is 1. The zero-order chi connectivity index (χ0) is 19.1. The predicted molar refractivity (Wildman–Crippen MR) is 122 cm³/mol. The van der Waals surface area contributed by atoms with Gasteiger partial charge in [-0.05, 0) is 51.9 Å². The van der Waals surface area contributed by atoms with Gasteiger partial charge in [-0.3, -0.25) is 15.0 Å². The van der Waals surface area contributed by atoms with Gasteiger partial charge in [0.25, 0.3) is 0 Å². The number of H-pyrrole nitrogens is 1. The van der Waals surface area contributed by atoms with Crippen LogP contribution in [0.4, 0.5) is 0 Å². The monoisotopic (exact) mass is 501 g/mol. The fourth-order valence-electron chi connectivity index (χ4n) is 3.35. The molecule has 2 aromatic heterocycles. The van der Waals surface area contributed by atoms with E-state index in [4.69, 9.17) is 4.42 Å². The summed E-state index contributed by atoms with van der Waals surface area (Å²) in [5, 5.41) is 13.9. The molecule has 156 valence electrons. The Morgan fingerprint density at radius 1 is 1.29 bits per heavy atom. The highest BCUT2D eigenvalue weighted by molar-refractivity contribution is 14.0. The molecular weight excluding hydrogens is 469 g/mol. The van der Waals surface area contributed by atoms with Crippen molar-refractivity contribution in [2.75, 3.05) is 33.2 Å². The molecule has 2 aromatic rings. The molecule has 0 unspecified atom stereocenters. The van der Waals surface area contributed by atoms with Crippen LogP contribution in [0.3, 0.4) is 0 Å². The molecule has 3 heterocycles. The van der Waals surface area contributed by atoms with Crippen molar-refractivity contribution in [3.8, 4) is 11.6 Å². The number of nitrogens with zero attached hydrogens (tertiary/aromatic N) is 4. The molecule has 1 saturated heterocycles. The van der Waals surface area contributed by atoms with Crippen LogP contribution in [0.25, 0.3) is 11.6 Å². The summed E-state index contributed by atoms with van der Waals surface area (Å²) in [7, 11) is 1.80. The van der Waals surface area contributed by atoms with Crippen molar-refractivity contribution in [3.63, 3.8) is 0 Å². The maximum Gasteiger partial charge on any atom is 0.216 e. The fraction of sp³-hybridized carbons (Fsp3) is 0.632. The van der Waals surface area contributed by atoms with Crippen molar-refractivity contribution in [1.82, 2.24) is 30.7 Å². The lowest BCUT2D eigenvalue weighted by Gasteiger charge is -2.41. The summed E-state index contributed by atoms with van der Waals surface area (Å²) in [5.74, 6) is 2.88. The Balaban J connectivity index is 0.00000280. The molecule has 0 radical (unpaired) electrons. The molecule has 3 rings (SSSR count). The van der Waals surface area contributed by atoms with Crippen LogP contribution in [0.1, 0.15) is 38.9 Å². The van der Waals surface area contributed by atoms with Crippen LogP contribution in [0.2, 0.25) is 0 Å². The Morgan fingerprint density at radius 2 is 2.07 bits per heavy atom. The zero-order valence-electron chi connectivity index (χ0n) is 17.0. The molecule has 0 amide bonds. The van der Waals surface area contributed by atoms with Gasteiger partial charge in [-0.25, -0.2) is 4.98 Å². The molecule has 0 aliphatic carbocycles. The van der Waals surface area contributed by atoms with Crippen molar-refractivity contribution in [1.29, 1.82) is 0 Å². The van der Waals surface area contributed by atoms with Crippen molar-refractivity contribution in [2.24, 2.45) is 4.99 Å². The van der Waals surface area contributed by atoms with Gasteiger partial charge in [-0.1, -0.05) is 6.42 Å². The molecule has 8 nitrogen and oxygen atoms in total. The first kappa shape index (κ1) is 22.7. The van der Waals surface area contributed by atoms with Crippen molar-refractivity contribution in [3.05, 3.63) is 24.2 Å². The standard InChI is InChI=1S/C19H31N7O.HI/c1-19(2,26-11-5-4-6-12-26)14-22-18(20-3)21-10-9-16-23-17(25-24-16)15-8-7-13-27-15;/h7-8,13H,4-6,9-12,14H2,1-3H3,(H2,20,21,22)(H,23,24,25);1H. The number of furan rings is 1. The van der Waals surface area contributed by atoms with E-state index in [1.165, 1.54) is 32.4 Å². The second-order valence-corrected chi connectivity index (χ2v) is 7.55. The molecular formula is C19H32IN7O. The first-order valence-corrected chi connectivity index (χ1v) is 9.73. The fourth-order valence-corrected chi connectivity index (χ4v) is 3.35. The lowest BCUT2D eigenvalue weighted by atomic mass is 9.98. The third-order valence-corrected chi connectivity index (χ3v) is 5.05. The van der Waals surface area contributed by atoms with Crippen LogP contribution in [-0.2, 0) is 6.42 Å². The number of nitrogens with one attached hydrogen (secondary N) is 3. The van der Waals surface area contributed by atoms with Gasteiger partial charge in [0.1, 0.15) is 5.82 Å². The summed E-state index contributed by atoms with van der Waals surface area (Å²) in [4.78, 5) is 11.4. The highest BCUT2D eigenvalue weighted by Gasteiger charge is 2.27. The molecule has 0 spiro atoms. The van der Waals surface area contributed by atoms with Crippen LogP contribution in [-0.4, -0.2) is 64.8 Å². The summed E-state index contributed by atoms with van der Waals surface area (Å²) >= 11 is 0. The minimum Gasteiger partial charge on any atom is -0.461 e. The van der Waals surface area contributed by atoms with Crippen molar-refractivity contribution < 1.29 is 4.42 Å². The molecule has 28 heavy (non-hydrogen) atoms. The SMILES string of the molecule is CN=C(NCCc1nc(-c2ccco2)n[nH]1)NCC(C)(C)N1CCCCC1.I. The van der Waals surface area contributed by atoms with E-state index in [9.17, 15) is 0 Å². The number of rotatable bonds is 7. The summed E-state index contributed by atoms with van der Waals surface area (Å²) in [6, 6.07) is 3.68. The number of guanidine groups is 1. The van der Waals surface area contributed by atoms with Gasteiger partial charge in [0.15, 0.2) is 11.7 Å². The number of hydrogen-bond donors (Lipinski definition) is 3. The van der Waals surface area contributed by atoms with E-state index in [-0.39, 0.29) is 29.5 Å². The molecule has 0 aromatic carbocycles. The summed E-state index contributed by atoms with van der Waals surface area (Å²) in [6.45, 7) is 8.54. The largest absolute Gasteiger partial charge is 0.461 e. The predicted octanol–water partition coefficient (Wildman–Crippen LogP) is 2.65. The molecule has 0 atom stereocenters. The van der Waals surface area contributed by atoms with Gasteiger partial charge in [0.05, 0.1) is 6.26 Å². The quantitative estimate of drug-likeness (QED) is 0.307. The van der Waals surface area contributed by atoms with Crippen LogP contribution in [0.15, 0.2) is 27.8 Å². The van der Waals surface area contributed by atoms with E-state index in [1.54, 1.807) is 13.3 Å².